The number of fused-ring (bicyclic) bond motifs is 6. The number of Topliss-reactive ketones (excluding diaryl/α,β-unsaturated/α-hetero) is 1. The third-order valence-corrected chi connectivity index (χ3v) is 10.5. The van der Waals surface area contributed by atoms with Crippen molar-refractivity contribution in [3.63, 3.8) is 0 Å². The quantitative estimate of drug-likeness (QED) is 0.558. The van der Waals surface area contributed by atoms with Gasteiger partial charge in [0.25, 0.3) is 10.0 Å². The minimum absolute atomic E-state index is 0.0203. The molecule has 1 saturated heterocycles. The number of piperidine rings is 1. The topological polar surface area (TPSA) is 125 Å². The predicted octanol–water partition coefficient (Wildman–Crippen LogP) is 2.68. The van der Waals surface area contributed by atoms with Crippen LogP contribution in [0.2, 0.25) is 0 Å². The van der Waals surface area contributed by atoms with E-state index < -0.39 is 21.8 Å². The van der Waals surface area contributed by atoms with Gasteiger partial charge in [-0.15, -0.1) is 15.7 Å². The van der Waals surface area contributed by atoms with E-state index in [0.717, 1.165) is 36.2 Å². The normalized spacial score (nSPS) is 29.4. The van der Waals surface area contributed by atoms with Crippen molar-refractivity contribution in [3.8, 4) is 0 Å². The minimum atomic E-state index is -4.22. The molecule has 3 fully saturated rings. The summed E-state index contributed by atoms with van der Waals surface area (Å²) in [6, 6.07) is 5.65. The summed E-state index contributed by atoms with van der Waals surface area (Å²) in [7, 11) is -4.22. The molecule has 2 aliphatic heterocycles. The number of anilines is 1. The van der Waals surface area contributed by atoms with Gasteiger partial charge < -0.3 is 15.5 Å². The number of hydrogen-bond acceptors (Lipinski definition) is 7. The van der Waals surface area contributed by atoms with Gasteiger partial charge in [-0.1, -0.05) is 12.1 Å². The maximum atomic E-state index is 13.9. The molecule has 1 aromatic carbocycles. The second-order valence-corrected chi connectivity index (χ2v) is 12.6. The molecule has 4 aliphatic rings. The highest BCUT2D eigenvalue weighted by Gasteiger charge is 2.60. The average Bonchev–Trinajstić information content (AvgIpc) is 3.56. The molecule has 2 N–H and O–H groups in total. The first-order chi connectivity index (χ1) is 17.6. The van der Waals surface area contributed by atoms with Gasteiger partial charge in [-0.2, -0.15) is 8.42 Å². The Morgan fingerprint density at radius 1 is 1.22 bits per heavy atom. The van der Waals surface area contributed by atoms with Gasteiger partial charge in [0.2, 0.25) is 11.8 Å². The number of ketones is 1. The van der Waals surface area contributed by atoms with E-state index in [4.69, 9.17) is 0 Å². The second kappa shape index (κ2) is 8.73. The van der Waals surface area contributed by atoms with Crippen LogP contribution in [0, 0.1) is 29.5 Å². The number of amidine groups is 1. The van der Waals surface area contributed by atoms with Crippen LogP contribution in [-0.4, -0.2) is 42.8 Å². The molecule has 2 amide bonds. The summed E-state index contributed by atoms with van der Waals surface area (Å²) in [5.41, 5.74) is 1.12. The summed E-state index contributed by atoms with van der Waals surface area (Å²) in [5.74, 6) is -2.99. The number of halogens is 1. The summed E-state index contributed by atoms with van der Waals surface area (Å²) >= 11 is 1.12. The number of rotatable bonds is 5. The first kappa shape index (κ1) is 24.2. The van der Waals surface area contributed by atoms with Gasteiger partial charge in [-0.25, -0.2) is 4.39 Å². The monoisotopic (exact) mass is 544 g/mol. The fourth-order valence-electron chi connectivity index (χ4n) is 6.49. The molecule has 2 bridgehead atoms. The smallest absolute Gasteiger partial charge is 0.287 e. The highest BCUT2D eigenvalue weighted by atomic mass is 32.2. The van der Waals surface area contributed by atoms with Gasteiger partial charge in [0, 0.05) is 37.5 Å². The maximum absolute atomic E-state index is 13.9. The predicted molar refractivity (Wildman–Crippen MR) is 134 cm³/mol. The summed E-state index contributed by atoms with van der Waals surface area (Å²) < 4.78 is 43.9. The Kier molecular flexibility index (Phi) is 5.72. The highest BCUT2D eigenvalue weighted by molar-refractivity contribution is 7.90. The summed E-state index contributed by atoms with van der Waals surface area (Å²) in [6.07, 6.45) is 2.71. The number of carbonyl (C=O) groups excluding carboxylic acids is 3. The van der Waals surface area contributed by atoms with Gasteiger partial charge in [0.15, 0.2) is 11.7 Å². The number of amides is 2. The van der Waals surface area contributed by atoms with Crippen LogP contribution < -0.4 is 10.6 Å². The molecule has 194 valence electrons. The number of nitrogens with one attached hydrogen (secondary N) is 2. The lowest BCUT2D eigenvalue weighted by Gasteiger charge is -2.45. The number of likely N-dealkylation sites (tertiary alicyclic amines) is 1. The minimum Gasteiger partial charge on any atom is -0.352 e. The third kappa shape index (κ3) is 3.97. The lowest BCUT2D eigenvalue weighted by molar-refractivity contribution is -0.153. The fourth-order valence-corrected chi connectivity index (χ4v) is 9.14. The SMILES string of the molecule is CC(=O)NCc1csc2c1S(=O)(=O)N=C(C1C(=O)[C@@H]3[C@H]4CC[C@H](C4)[C@@H]3N(Cc3ccc(F)cc3)C1=O)N2. The van der Waals surface area contributed by atoms with Crippen LogP contribution in [0.1, 0.15) is 37.3 Å². The van der Waals surface area contributed by atoms with E-state index in [1.807, 2.05) is 0 Å². The molecule has 3 heterocycles. The molecule has 37 heavy (non-hydrogen) atoms. The zero-order valence-electron chi connectivity index (χ0n) is 19.9. The van der Waals surface area contributed by atoms with Crippen molar-refractivity contribution in [2.45, 2.75) is 50.2 Å². The first-order valence-corrected chi connectivity index (χ1v) is 14.5. The van der Waals surface area contributed by atoms with Crippen LogP contribution in [0.15, 0.2) is 38.9 Å². The van der Waals surface area contributed by atoms with Crippen molar-refractivity contribution < 1.29 is 27.2 Å². The molecule has 12 heteroatoms. The zero-order valence-corrected chi connectivity index (χ0v) is 21.6. The molecule has 5 atom stereocenters. The fraction of sp³-hybridized carbons (Fsp3) is 0.440. The van der Waals surface area contributed by atoms with Crippen molar-refractivity contribution in [1.82, 2.24) is 10.2 Å². The molecular weight excluding hydrogens is 519 g/mol. The van der Waals surface area contributed by atoms with Gasteiger partial charge in [0.05, 0.1) is 0 Å². The Morgan fingerprint density at radius 2 is 1.95 bits per heavy atom. The second-order valence-electron chi connectivity index (χ2n) is 10.2. The van der Waals surface area contributed by atoms with Crippen molar-refractivity contribution in [2.24, 2.45) is 28.1 Å². The van der Waals surface area contributed by atoms with Gasteiger partial charge >= 0.3 is 0 Å². The molecule has 2 saturated carbocycles. The largest absolute Gasteiger partial charge is 0.352 e. The standard InChI is InChI=1S/C25H25FN4O5S2/c1-12(31)27-9-16-11-36-24-22(16)37(34,35)29-23(28-24)19-21(32)18-14-4-5-15(8-14)20(18)30(25(19)33)10-13-2-6-17(26)7-3-13/h2-3,6-7,11,14-15,18-20H,4-5,8-10H2,1H3,(H,27,31)(H,28,29)/t14-,15+,18+,19?,20-/m0/s1. The van der Waals surface area contributed by atoms with E-state index in [9.17, 15) is 27.2 Å². The molecule has 0 spiro atoms. The molecule has 1 aromatic heterocycles. The van der Waals surface area contributed by atoms with Crippen LogP contribution in [0.5, 0.6) is 0 Å². The molecule has 2 aliphatic carbocycles. The molecule has 6 rings (SSSR count). The van der Waals surface area contributed by atoms with E-state index in [-0.39, 0.29) is 70.1 Å². The van der Waals surface area contributed by atoms with Crippen LogP contribution in [-0.2, 0) is 37.5 Å². The van der Waals surface area contributed by atoms with Crippen LogP contribution >= 0.6 is 11.3 Å². The summed E-state index contributed by atoms with van der Waals surface area (Å²) in [6.45, 7) is 1.56. The summed E-state index contributed by atoms with van der Waals surface area (Å²) in [4.78, 5) is 40.7. The maximum Gasteiger partial charge on any atom is 0.287 e. The number of nitrogens with zero attached hydrogens (tertiary/aromatic N) is 2. The van der Waals surface area contributed by atoms with Crippen LogP contribution in [0.25, 0.3) is 0 Å². The van der Waals surface area contributed by atoms with Crippen molar-refractivity contribution in [3.05, 3.63) is 46.6 Å². The van der Waals surface area contributed by atoms with Crippen LogP contribution in [0.3, 0.4) is 0 Å². The Labute approximate surface area is 217 Å². The van der Waals surface area contributed by atoms with Gasteiger partial charge in [0.1, 0.15) is 21.5 Å². The molecule has 9 nitrogen and oxygen atoms in total. The Balaban J connectivity index is 1.36. The Bertz CT molecular complexity index is 1450. The first-order valence-electron chi connectivity index (χ1n) is 12.2. The lowest BCUT2D eigenvalue weighted by Crippen LogP contribution is -2.61. The average molecular weight is 545 g/mol. The third-order valence-electron chi connectivity index (χ3n) is 7.98. The zero-order chi connectivity index (χ0) is 26.1. The number of sulfonamides is 1. The molecular formula is C25H25FN4O5S2. The molecule has 1 unspecified atom stereocenters. The van der Waals surface area contributed by atoms with Crippen LogP contribution in [0.4, 0.5) is 9.39 Å². The van der Waals surface area contributed by atoms with Gasteiger partial charge in [-0.05, 0) is 54.2 Å². The lowest BCUT2D eigenvalue weighted by atomic mass is 9.73. The highest BCUT2D eigenvalue weighted by Crippen LogP contribution is 2.54. The Hall–Kier alpha value is -3.12. The molecule has 2 aromatic rings. The number of benzene rings is 1. The number of carbonyl (C=O) groups is 3. The Morgan fingerprint density at radius 3 is 2.68 bits per heavy atom. The molecule has 0 radical (unpaired) electrons. The number of thiophene rings is 1. The van der Waals surface area contributed by atoms with E-state index in [0.29, 0.717) is 5.56 Å². The summed E-state index contributed by atoms with van der Waals surface area (Å²) in [5, 5.41) is 7.43. The van der Waals surface area contributed by atoms with E-state index >= 15 is 0 Å². The number of hydrogen-bond donors (Lipinski definition) is 2. The van der Waals surface area contributed by atoms with E-state index in [1.165, 1.54) is 19.1 Å². The van der Waals surface area contributed by atoms with Crippen molar-refractivity contribution >= 4 is 49.8 Å². The van der Waals surface area contributed by atoms with Crippen molar-refractivity contribution in [2.75, 3.05) is 5.32 Å². The van der Waals surface area contributed by atoms with E-state index in [2.05, 4.69) is 15.0 Å². The van der Waals surface area contributed by atoms with Gasteiger partial charge in [-0.3, -0.25) is 14.4 Å². The van der Waals surface area contributed by atoms with Crippen molar-refractivity contribution in [1.29, 1.82) is 0 Å². The van der Waals surface area contributed by atoms with E-state index in [1.54, 1.807) is 22.4 Å².